The Hall–Kier alpha value is -3.50. The molecule has 0 rings (SSSR count). The highest BCUT2D eigenvalue weighted by Crippen LogP contribution is 2.45. The normalized spacial score (nSPS) is 14.4. The molecular weight excluding hydrogens is 1230 g/mol. The monoisotopic (exact) mass is 1370 g/mol. The van der Waals surface area contributed by atoms with Crippen molar-refractivity contribution in [1.29, 1.82) is 0 Å². The van der Waals surface area contributed by atoms with Crippen LogP contribution in [0.5, 0.6) is 0 Å². The summed E-state index contributed by atoms with van der Waals surface area (Å²) in [6, 6.07) is 0. The molecule has 0 radical (unpaired) electrons. The lowest BCUT2D eigenvalue weighted by Gasteiger charge is -2.21. The summed E-state index contributed by atoms with van der Waals surface area (Å²) in [6.07, 6.45) is 66.1. The van der Waals surface area contributed by atoms with Gasteiger partial charge in [0.25, 0.3) is 0 Å². The van der Waals surface area contributed by atoms with Gasteiger partial charge >= 0.3 is 39.5 Å². The summed E-state index contributed by atoms with van der Waals surface area (Å²) >= 11 is 0. The van der Waals surface area contributed by atoms with Crippen molar-refractivity contribution >= 4 is 39.5 Å². The molecule has 0 fully saturated rings. The van der Waals surface area contributed by atoms with Gasteiger partial charge in [-0.25, -0.2) is 9.13 Å². The minimum absolute atomic E-state index is 0.0775. The number of hydrogen-bond donors (Lipinski definition) is 3. The summed E-state index contributed by atoms with van der Waals surface area (Å²) in [5.41, 5.74) is 0. The zero-order valence-corrected chi connectivity index (χ0v) is 61.2. The van der Waals surface area contributed by atoms with Gasteiger partial charge in [-0.2, -0.15) is 0 Å². The van der Waals surface area contributed by atoms with Crippen LogP contribution in [0.3, 0.4) is 0 Å². The second kappa shape index (κ2) is 68.0. The molecule has 5 atom stereocenters. The molecule has 0 spiro atoms. The van der Waals surface area contributed by atoms with Crippen LogP contribution in [-0.2, 0) is 65.4 Å². The van der Waals surface area contributed by atoms with Crippen molar-refractivity contribution in [2.75, 3.05) is 39.6 Å². The Morgan fingerprint density at radius 3 is 0.851 bits per heavy atom. The molecule has 0 heterocycles. The van der Waals surface area contributed by atoms with Crippen LogP contribution in [0.25, 0.3) is 0 Å². The van der Waals surface area contributed by atoms with Crippen molar-refractivity contribution in [3.63, 3.8) is 0 Å². The van der Waals surface area contributed by atoms with E-state index in [1.54, 1.807) is 0 Å². The molecule has 0 aliphatic heterocycles. The smallest absolute Gasteiger partial charge is 0.462 e. The van der Waals surface area contributed by atoms with Gasteiger partial charge in [-0.3, -0.25) is 37.3 Å². The molecule has 19 heteroatoms. The highest BCUT2D eigenvalue weighted by molar-refractivity contribution is 7.47. The molecule has 0 saturated heterocycles. The first-order valence-electron chi connectivity index (χ1n) is 37.2. The van der Waals surface area contributed by atoms with Crippen molar-refractivity contribution in [2.24, 2.45) is 0 Å². The maximum absolute atomic E-state index is 13.0. The summed E-state index contributed by atoms with van der Waals surface area (Å²) in [5.74, 6) is -2.20. The molecule has 0 aliphatic rings. The quantitative estimate of drug-likeness (QED) is 0.0169. The maximum Gasteiger partial charge on any atom is 0.472 e. The summed E-state index contributed by atoms with van der Waals surface area (Å²) in [6.45, 7) is 4.70. The third-order valence-electron chi connectivity index (χ3n) is 15.6. The van der Waals surface area contributed by atoms with Crippen LogP contribution in [-0.4, -0.2) is 96.7 Å². The lowest BCUT2D eigenvalue weighted by atomic mass is 10.0. The number of esters is 4. The second-order valence-electron chi connectivity index (χ2n) is 24.9. The maximum atomic E-state index is 13.0. The minimum atomic E-state index is -4.97. The number of carbonyl (C=O) groups is 4. The Morgan fingerprint density at radius 2 is 0.543 bits per heavy atom. The van der Waals surface area contributed by atoms with Crippen LogP contribution in [0.2, 0.25) is 0 Å². The Labute approximate surface area is 571 Å². The number of phosphoric acid groups is 2. The number of rotatable bonds is 70. The van der Waals surface area contributed by atoms with Crippen LogP contribution in [0.4, 0.5) is 0 Å². The van der Waals surface area contributed by atoms with E-state index in [0.29, 0.717) is 25.7 Å². The summed E-state index contributed by atoms with van der Waals surface area (Å²) < 4.78 is 68.3. The van der Waals surface area contributed by atoms with E-state index in [2.05, 4.69) is 101 Å². The fourth-order valence-electron chi connectivity index (χ4n) is 9.91. The van der Waals surface area contributed by atoms with E-state index in [1.807, 2.05) is 0 Å². The Balaban J connectivity index is 5.34. The Bertz CT molecular complexity index is 2070. The molecule has 3 N–H and O–H groups in total. The molecule has 0 bridgehead atoms. The number of hydrogen-bond acceptors (Lipinski definition) is 15. The third kappa shape index (κ3) is 67.1. The first kappa shape index (κ1) is 90.5. The van der Waals surface area contributed by atoms with Crippen molar-refractivity contribution in [3.8, 4) is 0 Å². The van der Waals surface area contributed by atoms with E-state index < -0.39 is 97.5 Å². The average Bonchev–Trinajstić information content (AvgIpc) is 2.45. The average molecular weight is 1370 g/mol. The Kier molecular flexibility index (Phi) is 65.5. The molecule has 0 amide bonds. The molecule has 0 aromatic rings. The zero-order chi connectivity index (χ0) is 69.0. The predicted molar refractivity (Wildman–Crippen MR) is 381 cm³/mol. The number of ether oxygens (including phenoxy) is 4. The first-order chi connectivity index (χ1) is 45.7. The van der Waals surface area contributed by atoms with Crippen molar-refractivity contribution in [3.05, 3.63) is 72.9 Å². The van der Waals surface area contributed by atoms with Crippen LogP contribution >= 0.6 is 15.6 Å². The van der Waals surface area contributed by atoms with Gasteiger partial charge < -0.3 is 33.8 Å². The SMILES string of the molecule is CCC/C=C\C/C=C\CCCCCCCC(=O)OCC(COP(=O)(O)OCC(O)COP(=O)(O)OCC(COC(=O)CCCCCCC/C=C\C/C=C\CCCCC)OC(=O)CCCCCCCCCCCCCCC)OC(=O)CCCCCCC/C=C\C/C=C\CCC. The zero-order valence-electron chi connectivity index (χ0n) is 59.4. The van der Waals surface area contributed by atoms with Gasteiger partial charge in [0, 0.05) is 25.7 Å². The number of phosphoric ester groups is 2. The van der Waals surface area contributed by atoms with Gasteiger partial charge in [-0.1, -0.05) is 261 Å². The van der Waals surface area contributed by atoms with Gasteiger partial charge in [0.2, 0.25) is 0 Å². The molecule has 546 valence electrons. The molecule has 94 heavy (non-hydrogen) atoms. The number of unbranched alkanes of at least 4 members (excludes halogenated alkanes) is 32. The van der Waals surface area contributed by atoms with Crippen molar-refractivity contribution in [2.45, 2.75) is 341 Å². The third-order valence-corrected chi connectivity index (χ3v) is 17.5. The van der Waals surface area contributed by atoms with E-state index >= 15 is 0 Å². The van der Waals surface area contributed by atoms with Crippen LogP contribution in [0.1, 0.15) is 323 Å². The van der Waals surface area contributed by atoms with Gasteiger partial charge in [-0.05, 0) is 109 Å². The van der Waals surface area contributed by atoms with E-state index in [-0.39, 0.29) is 25.7 Å². The summed E-state index contributed by atoms with van der Waals surface area (Å²) in [5, 5.41) is 10.6. The van der Waals surface area contributed by atoms with E-state index in [4.69, 9.17) is 37.0 Å². The molecular formula is C75H134O17P2. The number of aliphatic hydroxyl groups excluding tert-OH is 1. The molecule has 5 unspecified atom stereocenters. The molecule has 17 nitrogen and oxygen atoms in total. The Morgan fingerprint density at radius 1 is 0.298 bits per heavy atom. The largest absolute Gasteiger partial charge is 0.472 e. The molecule has 0 saturated carbocycles. The van der Waals surface area contributed by atoms with Crippen molar-refractivity contribution in [1.82, 2.24) is 0 Å². The number of allylic oxidation sites excluding steroid dienone is 12. The summed E-state index contributed by atoms with van der Waals surface area (Å²) in [4.78, 5) is 72.7. The summed E-state index contributed by atoms with van der Waals surface area (Å²) in [7, 11) is -9.94. The van der Waals surface area contributed by atoms with Crippen LogP contribution < -0.4 is 0 Å². The van der Waals surface area contributed by atoms with Crippen molar-refractivity contribution < 1.29 is 80.2 Å². The van der Waals surface area contributed by atoms with Gasteiger partial charge in [0.1, 0.15) is 19.3 Å². The lowest BCUT2D eigenvalue weighted by Crippen LogP contribution is -2.30. The minimum Gasteiger partial charge on any atom is -0.462 e. The van der Waals surface area contributed by atoms with Gasteiger partial charge in [-0.15, -0.1) is 0 Å². The fraction of sp³-hybridized carbons (Fsp3) is 0.787. The van der Waals surface area contributed by atoms with Crippen LogP contribution in [0, 0.1) is 0 Å². The molecule has 0 aromatic carbocycles. The second-order valence-corrected chi connectivity index (χ2v) is 27.8. The van der Waals surface area contributed by atoms with Gasteiger partial charge in [0.05, 0.1) is 26.4 Å². The highest BCUT2D eigenvalue weighted by atomic mass is 31.2. The highest BCUT2D eigenvalue weighted by Gasteiger charge is 2.30. The fourth-order valence-corrected chi connectivity index (χ4v) is 11.5. The molecule has 0 aliphatic carbocycles. The standard InChI is InChI=1S/C75H134O17P2/c1-5-9-13-17-21-25-29-33-34-38-40-44-48-52-56-60-73(78)86-66-71(92-75(80)62-58-54-50-46-42-37-32-28-24-20-16-12-8-4)68-90-94(83,84)88-64-69(76)63-87-93(81,82)89-67-70(91-74(79)61-57-53-49-45-41-36-31-27-23-19-15-11-7-3)65-85-72(77)59-55-51-47-43-39-35-30-26-22-18-14-10-6-2/h14-15,18-19,21,25-27,30-31,33-34,69-71,76H,5-13,16-17,20,22-24,28-29,32,35-68H2,1-4H3,(H,81,82)(H,83,84)/b18-14-,19-15-,25-21-,30-26-,31-27-,34-33-. The topological polar surface area (TPSA) is 237 Å². The van der Waals surface area contributed by atoms with Crippen LogP contribution in [0.15, 0.2) is 72.9 Å². The lowest BCUT2D eigenvalue weighted by molar-refractivity contribution is -0.161. The predicted octanol–water partition coefficient (Wildman–Crippen LogP) is 20.9. The van der Waals surface area contributed by atoms with E-state index in [9.17, 15) is 43.2 Å². The van der Waals surface area contributed by atoms with Gasteiger partial charge in [0.15, 0.2) is 12.2 Å². The van der Waals surface area contributed by atoms with E-state index in [1.165, 1.54) is 70.6 Å². The molecule has 0 aromatic heterocycles. The van der Waals surface area contributed by atoms with E-state index in [0.717, 1.165) is 173 Å². The first-order valence-corrected chi connectivity index (χ1v) is 40.2. The number of aliphatic hydroxyl groups is 1. The number of carbonyl (C=O) groups excluding carboxylic acids is 4.